The van der Waals surface area contributed by atoms with Gasteiger partial charge in [0, 0.05) is 5.41 Å². The molecule has 3 heteroatoms. The van der Waals surface area contributed by atoms with Crippen LogP contribution < -0.4 is 5.73 Å². The van der Waals surface area contributed by atoms with Crippen LogP contribution in [0, 0.1) is 17.8 Å². The molecule has 86 valence electrons. The summed E-state index contributed by atoms with van der Waals surface area (Å²) >= 11 is 0. The number of amides is 1. The lowest BCUT2D eigenvalue weighted by Crippen LogP contribution is -2.03. The van der Waals surface area contributed by atoms with E-state index >= 15 is 0 Å². The minimum absolute atomic E-state index is 0.0694. The summed E-state index contributed by atoms with van der Waals surface area (Å²) in [6, 6.07) is 8.48. The zero-order valence-electron chi connectivity index (χ0n) is 9.82. The highest BCUT2D eigenvalue weighted by molar-refractivity contribution is 5.75. The van der Waals surface area contributed by atoms with E-state index in [-0.39, 0.29) is 5.41 Å². The van der Waals surface area contributed by atoms with Crippen LogP contribution in [0.2, 0.25) is 0 Å². The third-order valence-corrected chi connectivity index (χ3v) is 1.65. The molecule has 0 spiro atoms. The van der Waals surface area contributed by atoms with Crippen molar-refractivity contribution in [1.29, 1.82) is 0 Å². The van der Waals surface area contributed by atoms with Gasteiger partial charge >= 0.3 is 6.09 Å². The monoisotopic (exact) mass is 219 g/mol. The van der Waals surface area contributed by atoms with Crippen molar-refractivity contribution in [3.8, 4) is 23.5 Å². The van der Waals surface area contributed by atoms with E-state index < -0.39 is 6.09 Å². The Labute approximate surface area is 96.3 Å². The molecule has 0 radical (unpaired) electrons. The van der Waals surface area contributed by atoms with Gasteiger partial charge < -0.3 is 10.8 Å². The Kier molecular flexibility index (Phi) is 5.11. The summed E-state index contributed by atoms with van der Waals surface area (Å²) in [5, 5.41) is 7.19. The molecular weight excluding hydrogens is 202 g/mol. The van der Waals surface area contributed by atoms with Crippen LogP contribution in [0.4, 0.5) is 4.79 Å². The normalized spacial score (nSPS) is 9.62. The summed E-state index contributed by atoms with van der Waals surface area (Å²) in [4.78, 5) is 8.78. The standard InChI is InChI=1S/C6H4.C6H10.CH3NO2/c1-2-6-4-3-5(1)6;1-5-6(2,3)4;2-1(3)4/h1-4H;1H,2-4H3;2H2,(H,3,4). The summed E-state index contributed by atoms with van der Waals surface area (Å²) in [5.74, 6) is 2.60. The largest absolute Gasteiger partial charge is 0.465 e. The zero-order valence-corrected chi connectivity index (χ0v) is 9.82. The van der Waals surface area contributed by atoms with Gasteiger partial charge in [-0.1, -0.05) is 24.3 Å². The molecule has 0 aromatic heterocycles. The van der Waals surface area contributed by atoms with Gasteiger partial charge in [0.25, 0.3) is 0 Å². The Morgan fingerprint density at radius 2 is 1.44 bits per heavy atom. The second-order valence-corrected chi connectivity index (χ2v) is 4.31. The number of hydrogen-bond donors (Lipinski definition) is 2. The maximum atomic E-state index is 8.78. The Hall–Kier alpha value is -1.95. The zero-order chi connectivity index (χ0) is 12.8. The molecule has 0 heterocycles. The smallest absolute Gasteiger partial charge is 0.402 e. The first-order chi connectivity index (χ1) is 7.26. The fourth-order valence-electron chi connectivity index (χ4n) is 0.663. The molecule has 2 aliphatic rings. The lowest BCUT2D eigenvalue weighted by molar-refractivity contribution is 0.205. The van der Waals surface area contributed by atoms with Crippen LogP contribution in [0.25, 0.3) is 11.1 Å². The van der Waals surface area contributed by atoms with Crippen LogP contribution in [-0.2, 0) is 0 Å². The van der Waals surface area contributed by atoms with Crippen molar-refractivity contribution in [2.24, 2.45) is 11.1 Å². The molecule has 0 bridgehead atoms. The number of rotatable bonds is 0. The van der Waals surface area contributed by atoms with Gasteiger partial charge in [-0.3, -0.25) is 0 Å². The van der Waals surface area contributed by atoms with E-state index in [4.69, 9.17) is 16.3 Å². The van der Waals surface area contributed by atoms with Crippen LogP contribution in [-0.4, -0.2) is 11.2 Å². The molecule has 0 atom stereocenters. The molecule has 0 saturated carbocycles. The summed E-state index contributed by atoms with van der Waals surface area (Å²) in [6.45, 7) is 6.02. The molecule has 0 aromatic rings. The Bertz CT molecular complexity index is 355. The van der Waals surface area contributed by atoms with E-state index in [0.29, 0.717) is 0 Å². The highest BCUT2D eigenvalue weighted by Gasteiger charge is 2.04. The number of carboxylic acid groups (broad SMARTS) is 1. The molecule has 0 unspecified atom stereocenters. The molecule has 3 nitrogen and oxygen atoms in total. The molecule has 1 amide bonds. The van der Waals surface area contributed by atoms with E-state index in [1.807, 2.05) is 20.8 Å². The first-order valence-corrected chi connectivity index (χ1v) is 4.83. The van der Waals surface area contributed by atoms with Crippen molar-refractivity contribution >= 4 is 6.09 Å². The van der Waals surface area contributed by atoms with Crippen molar-refractivity contribution in [1.82, 2.24) is 0 Å². The molecular formula is C13H17NO2. The van der Waals surface area contributed by atoms with Gasteiger partial charge in [0.15, 0.2) is 0 Å². The second kappa shape index (κ2) is 5.82. The van der Waals surface area contributed by atoms with Gasteiger partial charge in [0.05, 0.1) is 0 Å². The van der Waals surface area contributed by atoms with Crippen molar-refractivity contribution < 1.29 is 9.90 Å². The fourth-order valence-corrected chi connectivity index (χ4v) is 0.663. The van der Waals surface area contributed by atoms with Gasteiger partial charge in [0.2, 0.25) is 0 Å². The second-order valence-electron chi connectivity index (χ2n) is 4.31. The van der Waals surface area contributed by atoms with Crippen molar-refractivity contribution in [3.63, 3.8) is 0 Å². The van der Waals surface area contributed by atoms with Gasteiger partial charge in [-0.25, -0.2) is 4.79 Å². The number of terminal acetylenes is 1. The Morgan fingerprint density at radius 3 is 1.44 bits per heavy atom. The van der Waals surface area contributed by atoms with E-state index in [2.05, 4.69) is 35.9 Å². The van der Waals surface area contributed by atoms with Gasteiger partial charge in [-0.05, 0) is 31.9 Å². The molecule has 0 aliphatic heterocycles. The van der Waals surface area contributed by atoms with Crippen molar-refractivity contribution in [2.75, 3.05) is 0 Å². The molecule has 0 saturated heterocycles. The van der Waals surface area contributed by atoms with Crippen molar-refractivity contribution in [3.05, 3.63) is 24.3 Å². The highest BCUT2D eigenvalue weighted by atomic mass is 16.4. The third-order valence-electron chi connectivity index (χ3n) is 1.65. The number of fused-ring (bicyclic) bond motifs is 1. The lowest BCUT2D eigenvalue weighted by atomic mass is 9.95. The summed E-state index contributed by atoms with van der Waals surface area (Å²) in [6.07, 6.45) is 3.72. The average molecular weight is 219 g/mol. The van der Waals surface area contributed by atoms with Gasteiger partial charge in [-0.15, -0.1) is 12.3 Å². The molecule has 0 fully saturated rings. The van der Waals surface area contributed by atoms with Crippen LogP contribution in [0.3, 0.4) is 0 Å². The number of primary amides is 1. The third kappa shape index (κ3) is 6.50. The topological polar surface area (TPSA) is 63.3 Å². The number of carbonyl (C=O) groups is 1. The molecule has 3 N–H and O–H groups in total. The van der Waals surface area contributed by atoms with E-state index in [0.717, 1.165) is 0 Å². The van der Waals surface area contributed by atoms with E-state index in [1.54, 1.807) is 0 Å². The summed E-state index contributed by atoms with van der Waals surface area (Å²) < 4.78 is 0. The highest BCUT2D eigenvalue weighted by Crippen LogP contribution is 2.29. The van der Waals surface area contributed by atoms with Crippen LogP contribution in [0.15, 0.2) is 24.3 Å². The minimum atomic E-state index is -1.33. The van der Waals surface area contributed by atoms with Gasteiger partial charge in [0.1, 0.15) is 0 Å². The predicted molar refractivity (Wildman–Crippen MR) is 65.9 cm³/mol. The first kappa shape index (κ1) is 14.1. The first-order valence-electron chi connectivity index (χ1n) is 4.83. The van der Waals surface area contributed by atoms with Crippen LogP contribution >= 0.6 is 0 Å². The maximum Gasteiger partial charge on any atom is 0.402 e. The van der Waals surface area contributed by atoms with Gasteiger partial charge in [-0.2, -0.15) is 0 Å². The summed E-state index contributed by atoms with van der Waals surface area (Å²) in [7, 11) is 0. The lowest BCUT2D eigenvalue weighted by Gasteiger charge is -2.10. The molecule has 16 heavy (non-hydrogen) atoms. The number of nitrogens with two attached hydrogens (primary N) is 1. The van der Waals surface area contributed by atoms with E-state index in [9.17, 15) is 0 Å². The average Bonchev–Trinajstić information content (AvgIpc) is 2.10. The van der Waals surface area contributed by atoms with Crippen molar-refractivity contribution in [2.45, 2.75) is 20.8 Å². The number of hydrogen-bond acceptors (Lipinski definition) is 1. The molecule has 2 aliphatic carbocycles. The minimum Gasteiger partial charge on any atom is -0.465 e. The Balaban J connectivity index is 0.000000217. The number of benzene rings is 1. The Morgan fingerprint density at radius 1 is 1.25 bits per heavy atom. The van der Waals surface area contributed by atoms with Crippen LogP contribution in [0.1, 0.15) is 20.8 Å². The molecule has 0 aromatic carbocycles. The van der Waals surface area contributed by atoms with E-state index in [1.165, 1.54) is 11.1 Å². The summed E-state index contributed by atoms with van der Waals surface area (Å²) in [5.41, 5.74) is 6.95. The SMILES string of the molecule is C#CC(C)(C)C.NC(=O)O.c1cc2ccc1-2. The molecule has 2 rings (SSSR count). The predicted octanol–water partition coefficient (Wildman–Crippen LogP) is 2.96. The maximum absolute atomic E-state index is 8.78. The van der Waals surface area contributed by atoms with Crippen LogP contribution in [0.5, 0.6) is 0 Å². The quantitative estimate of drug-likeness (QED) is 0.669. The fraction of sp³-hybridized carbons (Fsp3) is 0.308.